The second-order valence-electron chi connectivity index (χ2n) is 7.92. The summed E-state index contributed by atoms with van der Waals surface area (Å²) in [4.78, 5) is 23.6. The highest BCUT2D eigenvalue weighted by Gasteiger charge is 2.51. The average Bonchev–Trinajstić information content (AvgIpc) is 3.40. The Balaban J connectivity index is 1.71. The molecule has 3 rings (SSSR count). The van der Waals surface area contributed by atoms with Gasteiger partial charge in [0.1, 0.15) is 11.9 Å². The molecule has 1 fully saturated rings. The van der Waals surface area contributed by atoms with Crippen LogP contribution in [-0.4, -0.2) is 36.4 Å². The van der Waals surface area contributed by atoms with Gasteiger partial charge in [-0.25, -0.2) is 4.79 Å². The molecule has 1 aliphatic heterocycles. The minimum absolute atomic E-state index is 0.230. The SMILES string of the molecule is CC(C)(OC(=O)Nc1ccc2c(c1)N(SI)CC(CC1(C(N)=O)CC1)O2)C(F)(F)F. The smallest absolute Gasteiger partial charge is 0.427 e. The summed E-state index contributed by atoms with van der Waals surface area (Å²) in [5.74, 6) is 0.232. The zero-order chi connectivity index (χ0) is 22.3. The van der Waals surface area contributed by atoms with Gasteiger partial charge in [0.05, 0.1) is 17.6 Å². The average molecular weight is 559 g/mol. The molecule has 0 spiro atoms. The Morgan fingerprint density at radius 3 is 2.60 bits per heavy atom. The van der Waals surface area contributed by atoms with E-state index in [1.807, 2.05) is 4.31 Å². The first-order valence-corrected chi connectivity index (χ1v) is 12.4. The number of halogens is 4. The number of nitrogens with zero attached hydrogens (tertiary/aromatic N) is 1. The quantitative estimate of drug-likeness (QED) is 0.385. The molecule has 1 unspecified atom stereocenters. The van der Waals surface area contributed by atoms with Gasteiger partial charge in [-0.15, -0.1) is 0 Å². The molecule has 0 aromatic heterocycles. The Labute approximate surface area is 187 Å². The van der Waals surface area contributed by atoms with Crippen LogP contribution in [0.5, 0.6) is 5.75 Å². The van der Waals surface area contributed by atoms with Crippen molar-refractivity contribution in [3.63, 3.8) is 0 Å². The van der Waals surface area contributed by atoms with Crippen LogP contribution in [0.1, 0.15) is 33.1 Å². The summed E-state index contributed by atoms with van der Waals surface area (Å²) in [5, 5.41) is 2.32. The second kappa shape index (κ2) is 8.17. The molecule has 0 saturated heterocycles. The lowest BCUT2D eigenvalue weighted by molar-refractivity contribution is -0.242. The fourth-order valence-corrected chi connectivity index (χ4v) is 4.69. The molecule has 3 N–H and O–H groups in total. The van der Waals surface area contributed by atoms with E-state index in [9.17, 15) is 22.8 Å². The van der Waals surface area contributed by atoms with Crippen LogP contribution in [0.3, 0.4) is 0 Å². The number of anilines is 2. The van der Waals surface area contributed by atoms with Crippen molar-refractivity contribution in [2.75, 3.05) is 16.2 Å². The first-order chi connectivity index (χ1) is 13.9. The van der Waals surface area contributed by atoms with Crippen LogP contribution < -0.4 is 20.1 Å². The minimum Gasteiger partial charge on any atom is -0.486 e. The molecule has 0 bridgehead atoms. The molecule has 1 heterocycles. The van der Waals surface area contributed by atoms with E-state index in [0.717, 1.165) is 26.7 Å². The highest BCUT2D eigenvalue weighted by atomic mass is 127. The van der Waals surface area contributed by atoms with Gasteiger partial charge in [-0.05, 0) is 44.9 Å². The maximum absolute atomic E-state index is 12.9. The predicted octanol–water partition coefficient (Wildman–Crippen LogP) is 4.80. The number of ether oxygens (including phenoxy) is 2. The molecule has 2 amide bonds. The molecule has 12 heteroatoms. The first-order valence-electron chi connectivity index (χ1n) is 9.10. The third-order valence-corrected chi connectivity index (χ3v) is 7.18. The molecule has 30 heavy (non-hydrogen) atoms. The molecular weight excluding hydrogens is 538 g/mol. The molecule has 1 aromatic carbocycles. The fraction of sp³-hybridized carbons (Fsp3) is 0.556. The minimum atomic E-state index is -4.69. The van der Waals surface area contributed by atoms with Crippen LogP contribution in [-0.2, 0) is 9.53 Å². The summed E-state index contributed by atoms with van der Waals surface area (Å²) in [6.07, 6.45) is -4.10. The summed E-state index contributed by atoms with van der Waals surface area (Å²) in [5.41, 5.74) is 3.31. The van der Waals surface area contributed by atoms with Crippen molar-refractivity contribution in [2.45, 2.75) is 51.0 Å². The molecule has 1 aliphatic carbocycles. The van der Waals surface area contributed by atoms with Crippen molar-refractivity contribution in [1.82, 2.24) is 0 Å². The summed E-state index contributed by atoms with van der Waals surface area (Å²) < 4.78 is 51.2. The van der Waals surface area contributed by atoms with Gasteiger partial charge in [-0.2, -0.15) is 13.2 Å². The van der Waals surface area contributed by atoms with E-state index in [4.69, 9.17) is 10.5 Å². The highest BCUT2D eigenvalue weighted by Crippen LogP contribution is 2.51. The van der Waals surface area contributed by atoms with Gasteiger partial charge in [0, 0.05) is 42.4 Å². The number of primary amides is 1. The number of fused-ring (bicyclic) bond motifs is 1. The highest BCUT2D eigenvalue weighted by molar-refractivity contribution is 14.2. The Hall–Kier alpha value is -1.57. The largest absolute Gasteiger partial charge is 0.486 e. The van der Waals surface area contributed by atoms with Crippen molar-refractivity contribution in [3.8, 4) is 5.75 Å². The third-order valence-electron chi connectivity index (χ3n) is 5.25. The molecule has 1 aromatic rings. The lowest BCUT2D eigenvalue weighted by Crippen LogP contribution is -2.44. The third kappa shape index (κ3) is 4.84. The number of nitrogens with one attached hydrogen (secondary N) is 1. The molecular formula is C18H21F3IN3O4S. The van der Waals surface area contributed by atoms with Crippen LogP contribution in [0.25, 0.3) is 0 Å². The van der Waals surface area contributed by atoms with Gasteiger partial charge in [0.15, 0.2) is 0 Å². The fourth-order valence-electron chi connectivity index (χ4n) is 3.13. The Morgan fingerprint density at radius 1 is 1.40 bits per heavy atom. The van der Waals surface area contributed by atoms with Gasteiger partial charge in [0.2, 0.25) is 11.5 Å². The summed E-state index contributed by atoms with van der Waals surface area (Å²) >= 11 is 2.10. The monoisotopic (exact) mass is 559 g/mol. The van der Waals surface area contributed by atoms with E-state index in [0.29, 0.717) is 24.4 Å². The van der Waals surface area contributed by atoms with Gasteiger partial charge in [-0.3, -0.25) is 10.1 Å². The van der Waals surface area contributed by atoms with Gasteiger partial charge in [0.25, 0.3) is 0 Å². The zero-order valence-corrected chi connectivity index (χ0v) is 19.2. The summed E-state index contributed by atoms with van der Waals surface area (Å²) in [6, 6.07) is 4.73. The summed E-state index contributed by atoms with van der Waals surface area (Å²) in [7, 11) is 1.40. The van der Waals surface area contributed by atoms with Crippen molar-refractivity contribution >= 4 is 53.7 Å². The number of amides is 2. The Morgan fingerprint density at radius 2 is 2.07 bits per heavy atom. The molecule has 1 atom stereocenters. The number of alkyl halides is 3. The van der Waals surface area contributed by atoms with Gasteiger partial charge >= 0.3 is 12.3 Å². The molecule has 1 saturated carbocycles. The number of rotatable bonds is 6. The van der Waals surface area contributed by atoms with Gasteiger partial charge < -0.3 is 19.5 Å². The number of carbonyl (C=O) groups excluding carboxylic acids is 2. The number of nitrogens with two attached hydrogens (primary N) is 1. The molecule has 2 aliphatic rings. The van der Waals surface area contributed by atoms with E-state index in [1.54, 1.807) is 12.1 Å². The number of benzene rings is 1. The number of carbonyl (C=O) groups is 2. The standard InChI is InChI=1S/C18H21F3IN3O4S/c1-16(2,18(19,20)21)29-15(27)24-10-3-4-13-12(7-10)25(30-22)9-11(28-13)8-17(5-6-17)14(23)26/h3-4,7,11H,5-6,8-9H2,1-2H3,(H2,23,26)(H,24,27). The first kappa shape index (κ1) is 23.1. The Bertz CT molecular complexity index is 848. The van der Waals surface area contributed by atoms with Crippen LogP contribution >= 0.6 is 30.3 Å². The lowest BCUT2D eigenvalue weighted by Gasteiger charge is -2.35. The van der Waals surface area contributed by atoms with E-state index in [1.165, 1.54) is 15.2 Å². The van der Waals surface area contributed by atoms with E-state index in [2.05, 4.69) is 31.3 Å². The normalized spacial score (nSPS) is 20.1. The number of hydrogen-bond acceptors (Lipinski definition) is 6. The van der Waals surface area contributed by atoms with Crippen molar-refractivity contribution in [1.29, 1.82) is 0 Å². The second-order valence-corrected chi connectivity index (χ2v) is 9.68. The predicted molar refractivity (Wildman–Crippen MR) is 116 cm³/mol. The zero-order valence-electron chi connectivity index (χ0n) is 16.2. The van der Waals surface area contributed by atoms with Crippen molar-refractivity contribution in [2.24, 2.45) is 11.1 Å². The van der Waals surface area contributed by atoms with Gasteiger partial charge in [-0.1, -0.05) is 0 Å². The number of hydrogen-bond donors (Lipinski definition) is 2. The maximum atomic E-state index is 12.9. The van der Waals surface area contributed by atoms with Crippen LogP contribution in [0.2, 0.25) is 0 Å². The topological polar surface area (TPSA) is 93.9 Å². The van der Waals surface area contributed by atoms with Crippen LogP contribution in [0.15, 0.2) is 18.2 Å². The van der Waals surface area contributed by atoms with E-state index < -0.39 is 23.3 Å². The molecule has 166 valence electrons. The Kier molecular flexibility index (Phi) is 6.29. The maximum Gasteiger partial charge on any atom is 0.427 e. The van der Waals surface area contributed by atoms with Crippen LogP contribution in [0.4, 0.5) is 29.3 Å². The molecule has 7 nitrogen and oxygen atoms in total. The molecule has 0 radical (unpaired) electrons. The van der Waals surface area contributed by atoms with E-state index in [-0.39, 0.29) is 17.7 Å². The lowest BCUT2D eigenvalue weighted by atomic mass is 9.97. The summed E-state index contributed by atoms with van der Waals surface area (Å²) in [6.45, 7) is 2.05. The van der Waals surface area contributed by atoms with E-state index >= 15 is 0 Å². The van der Waals surface area contributed by atoms with Crippen molar-refractivity contribution in [3.05, 3.63) is 18.2 Å². The van der Waals surface area contributed by atoms with Crippen molar-refractivity contribution < 1.29 is 32.2 Å². The van der Waals surface area contributed by atoms with Crippen LogP contribution in [0, 0.1) is 5.41 Å².